The van der Waals surface area contributed by atoms with Gasteiger partial charge < -0.3 is 35.1 Å². The molecule has 73 heavy (non-hydrogen) atoms. The van der Waals surface area contributed by atoms with Crippen molar-refractivity contribution in [3.8, 4) is 28.4 Å². The van der Waals surface area contributed by atoms with Crippen LogP contribution in [0.3, 0.4) is 0 Å². The number of piperazine rings is 1. The number of imide groups is 1. The Morgan fingerprint density at radius 3 is 2.22 bits per heavy atom. The van der Waals surface area contributed by atoms with Crippen LogP contribution in [0.1, 0.15) is 90.6 Å². The van der Waals surface area contributed by atoms with Crippen LogP contribution in [0, 0.1) is 30.4 Å². The third-order valence-corrected chi connectivity index (χ3v) is 14.2. The summed E-state index contributed by atoms with van der Waals surface area (Å²) in [6.07, 6.45) is 9.58. The van der Waals surface area contributed by atoms with Gasteiger partial charge in [0.15, 0.2) is 24.1 Å². The molecule has 5 aliphatic rings. The van der Waals surface area contributed by atoms with Gasteiger partial charge in [0, 0.05) is 86.0 Å². The molecule has 394 valence electrons. The molecule has 4 N–H and O–H groups in total. The summed E-state index contributed by atoms with van der Waals surface area (Å²) in [5.74, 6) is 0.325. The average molecular weight is 1030 g/mol. The fourth-order valence-electron chi connectivity index (χ4n) is 9.91. The lowest BCUT2D eigenvalue weighted by Gasteiger charge is -2.39. The number of anilines is 1. The predicted molar refractivity (Wildman–Crippen MR) is 279 cm³/mol. The zero-order valence-electron chi connectivity index (χ0n) is 42.6. The smallest absolute Gasteiger partial charge is 0.328 e. The molecule has 1 aliphatic carbocycles. The number of nitrogens with one attached hydrogen (secondary N) is 2. The Bertz CT molecular complexity index is 2520. The summed E-state index contributed by atoms with van der Waals surface area (Å²) >= 11 is 6.26. The van der Waals surface area contributed by atoms with Crippen molar-refractivity contribution in [2.24, 2.45) is 17.6 Å². The van der Waals surface area contributed by atoms with Crippen LogP contribution in [0.15, 0.2) is 66.7 Å². The molecule has 0 spiro atoms. The van der Waals surface area contributed by atoms with E-state index in [1.54, 1.807) is 18.2 Å². The van der Waals surface area contributed by atoms with Gasteiger partial charge in [-0.05, 0) is 102 Å². The molecule has 4 heterocycles. The number of urea groups is 1. The molecule has 15 nitrogen and oxygen atoms in total. The number of aryl methyl sites for hydroxylation is 1. The van der Waals surface area contributed by atoms with Crippen molar-refractivity contribution >= 4 is 47.7 Å². The molecular weight excluding hydrogens is 960 g/mol. The molecule has 4 aliphatic heterocycles. The normalized spacial score (nSPS) is 19.4. The number of rotatable bonds is 11. The van der Waals surface area contributed by atoms with E-state index in [1.807, 2.05) is 51.4 Å². The van der Waals surface area contributed by atoms with Gasteiger partial charge in [-0.3, -0.25) is 34.3 Å². The van der Waals surface area contributed by atoms with E-state index < -0.39 is 29.8 Å². The van der Waals surface area contributed by atoms with Crippen LogP contribution in [0.5, 0.6) is 17.2 Å². The summed E-state index contributed by atoms with van der Waals surface area (Å²) in [7, 11) is 7.27. The highest BCUT2D eigenvalue weighted by molar-refractivity contribution is 6.34. The Balaban J connectivity index is 0.000000178. The van der Waals surface area contributed by atoms with Crippen LogP contribution in [-0.2, 0) is 14.4 Å². The van der Waals surface area contributed by atoms with E-state index in [-0.39, 0.29) is 52.1 Å². The quantitative estimate of drug-likeness (QED) is 0.123. The van der Waals surface area contributed by atoms with Crippen molar-refractivity contribution in [1.29, 1.82) is 0 Å². The highest BCUT2D eigenvalue weighted by Gasteiger charge is 2.39. The number of carbonyl (C=O) groups excluding carboxylic acids is 5. The second-order valence-corrected chi connectivity index (χ2v) is 19.4. The van der Waals surface area contributed by atoms with Gasteiger partial charge in [0.1, 0.15) is 30.0 Å². The topological polar surface area (TPSA) is 176 Å². The maximum absolute atomic E-state index is 15.2. The first-order valence-corrected chi connectivity index (χ1v) is 25.5. The number of fused-ring (bicyclic) bond motifs is 1. The SMILES string of the molecule is CN1CCC(CN2CCN(C(=O)C3CCCCC3)CC2)CC1.CNC.COc1ccc(C=O)c(-c2c(Cl)c(F)cc3c2[C@H](N)C(c2ccccc2)O3)c1F.Cc1ccc(OCC=O)cc1N1CCC(=O)NC1=O. The summed E-state index contributed by atoms with van der Waals surface area (Å²) in [6, 6.07) is 17.0. The third-order valence-electron chi connectivity index (χ3n) is 13.8. The summed E-state index contributed by atoms with van der Waals surface area (Å²) in [5, 5.41) is 4.68. The average Bonchev–Trinajstić information content (AvgIpc) is 3.73. The minimum absolute atomic E-state index is 0.00615. The lowest BCUT2D eigenvalue weighted by molar-refractivity contribution is -0.138. The van der Waals surface area contributed by atoms with E-state index in [2.05, 4.69) is 32.4 Å². The zero-order valence-corrected chi connectivity index (χ0v) is 43.4. The van der Waals surface area contributed by atoms with Crippen molar-refractivity contribution < 1.29 is 47.0 Å². The number of halogens is 3. The second kappa shape index (κ2) is 27.3. The summed E-state index contributed by atoms with van der Waals surface area (Å²) in [6.45, 7) is 10.0. The highest BCUT2D eigenvalue weighted by atomic mass is 35.5. The first kappa shape index (κ1) is 56.3. The fraction of sp³-hybridized carbons (Fsp3) is 0.473. The van der Waals surface area contributed by atoms with Crippen LogP contribution in [0.4, 0.5) is 19.3 Å². The molecule has 4 fully saturated rings. The number of hydrogen-bond acceptors (Lipinski definition) is 12. The van der Waals surface area contributed by atoms with Crippen molar-refractivity contribution in [3.05, 3.63) is 106 Å². The second-order valence-electron chi connectivity index (χ2n) is 19.0. The maximum atomic E-state index is 15.2. The van der Waals surface area contributed by atoms with E-state index in [0.29, 0.717) is 47.9 Å². The molecule has 0 bridgehead atoms. The predicted octanol–water partition coefficient (Wildman–Crippen LogP) is 8.15. The number of hydrogen-bond donors (Lipinski definition) is 3. The number of benzene rings is 4. The fourth-order valence-corrected chi connectivity index (χ4v) is 10.2. The van der Waals surface area contributed by atoms with Crippen LogP contribution >= 0.6 is 11.6 Å². The van der Waals surface area contributed by atoms with E-state index in [9.17, 15) is 28.4 Å². The highest BCUT2D eigenvalue weighted by Crippen LogP contribution is 2.52. The van der Waals surface area contributed by atoms with Gasteiger partial charge in [-0.25, -0.2) is 13.6 Å². The Morgan fingerprint density at radius 2 is 1.59 bits per heavy atom. The number of nitrogens with two attached hydrogens (primary N) is 1. The molecule has 9 rings (SSSR count). The standard InChI is InChI=1S/C22H16ClF2NO3.C18H33N3O.C13H14N2O4.C2H7N/c1-28-14-8-7-12(10-27)16(20(14)25)18-17-15(9-13(24)19(18)23)29-22(21(17)26)11-5-3-2-4-6-11;1-19-9-7-16(8-10-19)15-20-11-13-21(14-12-20)18(22)17-5-3-2-4-6-17;1-9-2-3-10(19-7-6-16)8-11(9)15-5-4-12(17)14-13(15)18;1-3-2/h2-10,21-22H,26H2,1H3;16-17H,2-15H2,1H3;2-3,6,8H,4-5,7H2,1H3,(H,14,17,18);3H,1-2H3/t21-,22?;;;/m0.../s1. The van der Waals surface area contributed by atoms with E-state index in [1.165, 1.54) is 75.9 Å². The Kier molecular flexibility index (Phi) is 21.1. The van der Waals surface area contributed by atoms with Crippen LogP contribution < -0.4 is 35.5 Å². The largest absolute Gasteiger partial charge is 0.494 e. The summed E-state index contributed by atoms with van der Waals surface area (Å²) in [4.78, 5) is 66.1. The lowest BCUT2D eigenvalue weighted by Crippen LogP contribution is -2.51. The van der Waals surface area contributed by atoms with Crippen LogP contribution in [0.2, 0.25) is 5.02 Å². The number of amides is 4. The van der Waals surface area contributed by atoms with Crippen molar-refractivity contribution in [2.45, 2.75) is 70.4 Å². The van der Waals surface area contributed by atoms with Gasteiger partial charge in [-0.2, -0.15) is 0 Å². The Morgan fingerprint density at radius 1 is 0.904 bits per heavy atom. The molecule has 0 radical (unpaired) electrons. The number of likely N-dealkylation sites (tertiary alicyclic amines) is 1. The van der Waals surface area contributed by atoms with E-state index in [0.717, 1.165) is 62.1 Å². The number of carbonyl (C=O) groups is 5. The van der Waals surface area contributed by atoms with E-state index in [4.69, 9.17) is 31.5 Å². The van der Waals surface area contributed by atoms with Crippen molar-refractivity contribution in [2.75, 3.05) is 92.1 Å². The van der Waals surface area contributed by atoms with Gasteiger partial charge >= 0.3 is 6.03 Å². The van der Waals surface area contributed by atoms with Crippen LogP contribution in [0.25, 0.3) is 11.1 Å². The zero-order chi connectivity index (χ0) is 52.6. The summed E-state index contributed by atoms with van der Waals surface area (Å²) < 4.78 is 46.0. The van der Waals surface area contributed by atoms with Crippen LogP contribution in [-0.4, -0.2) is 132 Å². The minimum atomic E-state index is -0.831. The lowest BCUT2D eigenvalue weighted by atomic mass is 9.88. The first-order valence-electron chi connectivity index (χ1n) is 25.1. The number of nitrogens with zero attached hydrogens (tertiary/aromatic N) is 4. The van der Waals surface area contributed by atoms with Gasteiger partial charge in [0.25, 0.3) is 0 Å². The minimum Gasteiger partial charge on any atom is -0.494 e. The van der Waals surface area contributed by atoms with Gasteiger partial charge in [0.05, 0.1) is 23.9 Å². The molecule has 4 amide bonds. The molecule has 4 aromatic carbocycles. The number of methoxy groups -OCH3 is 1. The molecule has 1 unspecified atom stereocenters. The molecule has 18 heteroatoms. The molecule has 4 aromatic rings. The molecule has 0 aromatic heterocycles. The first-order chi connectivity index (χ1) is 35.2. The van der Waals surface area contributed by atoms with Gasteiger partial charge in [0.2, 0.25) is 11.8 Å². The number of ether oxygens (including phenoxy) is 3. The Hall–Kier alpha value is -5.98. The van der Waals surface area contributed by atoms with Gasteiger partial charge in [-0.1, -0.05) is 67.3 Å². The third kappa shape index (κ3) is 14.4. The molecule has 2 atom stereocenters. The monoisotopic (exact) mass is 1030 g/mol. The molecular formula is C55H70ClF2N7O8. The Labute approximate surface area is 432 Å². The molecule has 3 saturated heterocycles. The number of aldehydes is 2. The maximum Gasteiger partial charge on any atom is 0.328 e. The summed E-state index contributed by atoms with van der Waals surface area (Å²) in [5.41, 5.74) is 8.93. The van der Waals surface area contributed by atoms with Crippen molar-refractivity contribution in [1.82, 2.24) is 25.3 Å². The van der Waals surface area contributed by atoms with E-state index >= 15 is 4.39 Å². The van der Waals surface area contributed by atoms with Crippen molar-refractivity contribution in [3.63, 3.8) is 0 Å². The molecule has 1 saturated carbocycles. The van der Waals surface area contributed by atoms with Gasteiger partial charge in [-0.15, -0.1) is 0 Å². The number of piperidine rings is 1.